The maximum Gasteiger partial charge on any atom is 0.0649 e. The number of allylic oxidation sites excluding steroid dienone is 3. The van der Waals surface area contributed by atoms with Gasteiger partial charge in [-0.1, -0.05) is 52.8 Å². The van der Waals surface area contributed by atoms with Crippen molar-refractivity contribution < 1.29 is 0 Å². The fraction of sp³-hybridized carbons (Fsp3) is 0.615. The van der Waals surface area contributed by atoms with Gasteiger partial charge in [-0.2, -0.15) is 0 Å². The van der Waals surface area contributed by atoms with Crippen LogP contribution in [0.15, 0.2) is 27.9 Å². The van der Waals surface area contributed by atoms with Crippen LogP contribution in [0.4, 0.5) is 0 Å². The third kappa shape index (κ3) is 6.51. The first kappa shape index (κ1) is 16.9. The maximum absolute atomic E-state index is 6.14. The summed E-state index contributed by atoms with van der Waals surface area (Å²) >= 11 is 6.14. The van der Waals surface area contributed by atoms with Gasteiger partial charge in [0, 0.05) is 6.21 Å². The zero-order valence-corrected chi connectivity index (χ0v) is 11.7. The monoisotopic (exact) mass is 229 g/mol. The fourth-order valence-corrected chi connectivity index (χ4v) is 1.30. The van der Waals surface area contributed by atoms with Gasteiger partial charge in [0.25, 0.3) is 0 Å². The molecule has 0 bridgehead atoms. The first-order valence-electron chi connectivity index (χ1n) is 5.61. The second kappa shape index (κ2) is 9.97. The van der Waals surface area contributed by atoms with Gasteiger partial charge in [0.05, 0.1) is 10.7 Å². The van der Waals surface area contributed by atoms with Gasteiger partial charge in [-0.15, -0.1) is 0 Å². The highest BCUT2D eigenvalue weighted by molar-refractivity contribution is 6.32. The van der Waals surface area contributed by atoms with E-state index in [9.17, 15) is 0 Å². The normalized spacial score (nSPS) is 12.3. The van der Waals surface area contributed by atoms with Crippen LogP contribution in [0.25, 0.3) is 0 Å². The summed E-state index contributed by atoms with van der Waals surface area (Å²) in [6.45, 7) is 16.0. The summed E-state index contributed by atoms with van der Waals surface area (Å²) < 4.78 is 0. The standard InChI is InChI=1S/C11H18ClN.C2H6/c1-6-10(13-7-2)11(12)9(5)8(3)4;1-2/h7-8H,5-6H2,1-4H3;1-2H3/b11-10+,13-7?;. The Morgan fingerprint density at radius 1 is 1.40 bits per heavy atom. The predicted molar refractivity (Wildman–Crippen MR) is 72.7 cm³/mol. The minimum absolute atomic E-state index is 0.376. The molecule has 0 rings (SSSR count). The molecule has 0 fully saturated rings. The van der Waals surface area contributed by atoms with E-state index in [4.69, 9.17) is 11.6 Å². The van der Waals surface area contributed by atoms with Gasteiger partial charge < -0.3 is 0 Å². The summed E-state index contributed by atoms with van der Waals surface area (Å²) in [6.07, 6.45) is 2.60. The predicted octanol–water partition coefficient (Wildman–Crippen LogP) is 5.18. The number of halogens is 1. The first-order chi connectivity index (χ1) is 7.04. The van der Waals surface area contributed by atoms with Crippen LogP contribution in [0.2, 0.25) is 0 Å². The van der Waals surface area contributed by atoms with E-state index in [1.165, 1.54) is 0 Å². The Bertz CT molecular complexity index is 237. The molecule has 0 amide bonds. The lowest BCUT2D eigenvalue weighted by Crippen LogP contribution is -1.95. The summed E-state index contributed by atoms with van der Waals surface area (Å²) in [5.41, 5.74) is 1.88. The lowest BCUT2D eigenvalue weighted by Gasteiger charge is -2.10. The van der Waals surface area contributed by atoms with E-state index in [1.54, 1.807) is 6.21 Å². The van der Waals surface area contributed by atoms with Gasteiger partial charge in [0.2, 0.25) is 0 Å². The molecule has 0 aliphatic rings. The molecule has 0 unspecified atom stereocenters. The van der Waals surface area contributed by atoms with E-state index in [1.807, 2.05) is 27.7 Å². The van der Waals surface area contributed by atoms with E-state index in [0.717, 1.165) is 22.7 Å². The van der Waals surface area contributed by atoms with Crippen molar-refractivity contribution in [3.63, 3.8) is 0 Å². The van der Waals surface area contributed by atoms with Crippen molar-refractivity contribution >= 4 is 17.8 Å². The molecule has 0 saturated carbocycles. The van der Waals surface area contributed by atoms with Crippen molar-refractivity contribution in [1.82, 2.24) is 0 Å². The lowest BCUT2D eigenvalue weighted by molar-refractivity contribution is 0.786. The summed E-state index contributed by atoms with van der Waals surface area (Å²) in [7, 11) is 0. The fourth-order valence-electron chi connectivity index (χ4n) is 0.898. The van der Waals surface area contributed by atoms with Crippen LogP contribution in [-0.2, 0) is 0 Å². The first-order valence-corrected chi connectivity index (χ1v) is 5.98. The topological polar surface area (TPSA) is 12.4 Å². The highest BCUT2D eigenvalue weighted by Crippen LogP contribution is 2.26. The van der Waals surface area contributed by atoms with Crippen LogP contribution < -0.4 is 0 Å². The minimum Gasteiger partial charge on any atom is -0.264 e. The third-order valence-corrected chi connectivity index (χ3v) is 2.31. The molecule has 0 aliphatic carbocycles. The molecular weight excluding hydrogens is 206 g/mol. The number of hydrogen-bond acceptors (Lipinski definition) is 1. The molecule has 2 heteroatoms. The molecule has 0 aromatic heterocycles. The largest absolute Gasteiger partial charge is 0.264 e. The molecule has 0 aromatic rings. The number of rotatable bonds is 4. The van der Waals surface area contributed by atoms with Gasteiger partial charge in [0.1, 0.15) is 0 Å². The number of aliphatic imine (C=N–C) groups is 1. The van der Waals surface area contributed by atoms with Crippen molar-refractivity contribution in [2.24, 2.45) is 10.9 Å². The van der Waals surface area contributed by atoms with Crippen LogP contribution in [0.1, 0.15) is 48.0 Å². The molecule has 0 spiro atoms. The minimum atomic E-state index is 0.376. The summed E-state index contributed by atoms with van der Waals surface area (Å²) in [5.74, 6) is 0.376. The van der Waals surface area contributed by atoms with Crippen molar-refractivity contribution in [3.8, 4) is 0 Å². The molecule has 0 aliphatic heterocycles. The molecule has 0 N–H and O–H groups in total. The SMILES string of the molecule is C=C(/C(Cl)=C(/CC)N=CC)C(C)C.CC. The zero-order chi connectivity index (χ0) is 12.4. The molecule has 0 heterocycles. The Morgan fingerprint density at radius 2 is 1.87 bits per heavy atom. The van der Waals surface area contributed by atoms with Crippen molar-refractivity contribution in [3.05, 3.63) is 22.9 Å². The second-order valence-corrected chi connectivity index (χ2v) is 3.56. The Labute approximate surface area is 99.9 Å². The van der Waals surface area contributed by atoms with Gasteiger partial charge in [0.15, 0.2) is 0 Å². The maximum atomic E-state index is 6.14. The van der Waals surface area contributed by atoms with Crippen LogP contribution >= 0.6 is 11.6 Å². The smallest absolute Gasteiger partial charge is 0.0649 e. The van der Waals surface area contributed by atoms with E-state index in [2.05, 4.69) is 25.4 Å². The molecule has 0 radical (unpaired) electrons. The van der Waals surface area contributed by atoms with Gasteiger partial charge in [-0.05, 0) is 24.8 Å². The zero-order valence-electron chi connectivity index (χ0n) is 10.9. The van der Waals surface area contributed by atoms with Gasteiger partial charge >= 0.3 is 0 Å². The molecular formula is C13H24ClN. The van der Waals surface area contributed by atoms with Gasteiger partial charge in [-0.3, -0.25) is 4.99 Å². The second-order valence-electron chi connectivity index (χ2n) is 3.18. The van der Waals surface area contributed by atoms with E-state index >= 15 is 0 Å². The van der Waals surface area contributed by atoms with Crippen LogP contribution in [0.5, 0.6) is 0 Å². The average molecular weight is 230 g/mol. The Kier molecular flexibility index (Phi) is 11.2. The van der Waals surface area contributed by atoms with Crippen molar-refractivity contribution in [2.75, 3.05) is 0 Å². The average Bonchev–Trinajstić information content (AvgIpc) is 2.26. The van der Waals surface area contributed by atoms with E-state index in [0.29, 0.717) is 5.92 Å². The lowest BCUT2D eigenvalue weighted by atomic mass is 10.0. The highest BCUT2D eigenvalue weighted by Gasteiger charge is 2.08. The quantitative estimate of drug-likeness (QED) is 0.466. The molecule has 0 atom stereocenters. The van der Waals surface area contributed by atoms with Crippen molar-refractivity contribution in [1.29, 1.82) is 0 Å². The van der Waals surface area contributed by atoms with Crippen LogP contribution in [0, 0.1) is 5.92 Å². The number of nitrogens with zero attached hydrogens (tertiary/aromatic N) is 1. The highest BCUT2D eigenvalue weighted by atomic mass is 35.5. The molecule has 15 heavy (non-hydrogen) atoms. The number of hydrogen-bond donors (Lipinski definition) is 0. The summed E-state index contributed by atoms with van der Waals surface area (Å²) in [6, 6.07) is 0. The van der Waals surface area contributed by atoms with Gasteiger partial charge in [-0.25, -0.2) is 0 Å². The van der Waals surface area contributed by atoms with E-state index in [-0.39, 0.29) is 0 Å². The Balaban J connectivity index is 0. The molecule has 0 saturated heterocycles. The Morgan fingerprint density at radius 3 is 2.13 bits per heavy atom. The summed E-state index contributed by atoms with van der Waals surface area (Å²) in [5, 5.41) is 0.718. The van der Waals surface area contributed by atoms with Crippen molar-refractivity contribution in [2.45, 2.75) is 48.0 Å². The van der Waals surface area contributed by atoms with E-state index < -0.39 is 0 Å². The molecule has 1 nitrogen and oxygen atoms in total. The summed E-state index contributed by atoms with van der Waals surface area (Å²) in [4.78, 5) is 4.21. The third-order valence-electron chi connectivity index (χ3n) is 1.85. The molecule has 0 aromatic carbocycles. The van der Waals surface area contributed by atoms with Crippen LogP contribution in [0.3, 0.4) is 0 Å². The van der Waals surface area contributed by atoms with Crippen LogP contribution in [-0.4, -0.2) is 6.21 Å². The Hall–Kier alpha value is -0.560. The molecule has 88 valence electrons.